The van der Waals surface area contributed by atoms with Crippen molar-refractivity contribution in [3.63, 3.8) is 0 Å². The van der Waals surface area contributed by atoms with Gasteiger partial charge in [0.2, 0.25) is 11.5 Å². The van der Waals surface area contributed by atoms with Crippen molar-refractivity contribution in [3.8, 4) is 17.2 Å². The number of methoxy groups -OCH3 is 3. The fraction of sp³-hybridized carbons (Fsp3) is 0.160. The van der Waals surface area contributed by atoms with Crippen LogP contribution in [0.15, 0.2) is 63.9 Å². The van der Waals surface area contributed by atoms with Crippen molar-refractivity contribution in [1.82, 2.24) is 4.98 Å². The van der Waals surface area contributed by atoms with E-state index in [1.54, 1.807) is 48.5 Å². The Labute approximate surface area is 199 Å². The van der Waals surface area contributed by atoms with Crippen LogP contribution >= 0.6 is 11.6 Å². The van der Waals surface area contributed by atoms with Crippen molar-refractivity contribution in [3.05, 3.63) is 86.9 Å². The largest absolute Gasteiger partial charge is 0.493 e. The minimum Gasteiger partial charge on any atom is -0.493 e. The summed E-state index contributed by atoms with van der Waals surface area (Å²) in [6.45, 7) is 0. The predicted molar refractivity (Wildman–Crippen MR) is 126 cm³/mol. The molecule has 0 bridgehead atoms. The molecule has 0 saturated heterocycles. The van der Waals surface area contributed by atoms with Gasteiger partial charge in [-0.25, -0.2) is 4.98 Å². The molecule has 2 aromatic heterocycles. The highest BCUT2D eigenvalue weighted by Crippen LogP contribution is 2.46. The van der Waals surface area contributed by atoms with E-state index in [1.807, 2.05) is 0 Å². The summed E-state index contributed by atoms with van der Waals surface area (Å²) in [6, 6.07) is 12.6. The van der Waals surface area contributed by atoms with Gasteiger partial charge in [-0.05, 0) is 42.0 Å². The molecule has 2 aromatic carbocycles. The van der Waals surface area contributed by atoms with Gasteiger partial charge in [-0.3, -0.25) is 14.5 Å². The molecule has 172 valence electrons. The molecule has 4 aromatic rings. The second-order valence-corrected chi connectivity index (χ2v) is 7.98. The van der Waals surface area contributed by atoms with Gasteiger partial charge in [0, 0.05) is 6.20 Å². The summed E-state index contributed by atoms with van der Waals surface area (Å²) in [5.41, 5.74) is 0.783. The first-order valence-electron chi connectivity index (χ1n) is 10.3. The summed E-state index contributed by atoms with van der Waals surface area (Å²) in [4.78, 5) is 33.0. The van der Waals surface area contributed by atoms with E-state index in [0.717, 1.165) is 0 Å². The maximum absolute atomic E-state index is 13.6. The summed E-state index contributed by atoms with van der Waals surface area (Å²) >= 11 is 6.02. The molecular weight excluding hydrogens is 460 g/mol. The Morgan fingerprint density at radius 1 is 0.971 bits per heavy atom. The van der Waals surface area contributed by atoms with Gasteiger partial charge in [-0.1, -0.05) is 23.7 Å². The Morgan fingerprint density at radius 3 is 2.29 bits per heavy atom. The Bertz CT molecular complexity index is 1460. The number of benzene rings is 2. The highest BCUT2D eigenvalue weighted by atomic mass is 35.5. The number of anilines is 1. The molecule has 0 radical (unpaired) electrons. The number of hydrogen-bond acceptors (Lipinski definition) is 7. The van der Waals surface area contributed by atoms with Gasteiger partial charge < -0.3 is 18.6 Å². The highest BCUT2D eigenvalue weighted by Gasteiger charge is 2.44. The average Bonchev–Trinajstić information content (AvgIpc) is 3.16. The van der Waals surface area contributed by atoms with E-state index in [-0.39, 0.29) is 16.8 Å². The minimum absolute atomic E-state index is 0.0424. The molecular formula is C25H19ClN2O6. The molecule has 1 aliphatic heterocycles. The Kier molecular flexibility index (Phi) is 5.37. The molecule has 1 aliphatic rings. The zero-order valence-corrected chi connectivity index (χ0v) is 19.3. The number of carbonyl (C=O) groups excluding carboxylic acids is 1. The molecule has 1 amide bonds. The number of hydrogen-bond donors (Lipinski definition) is 0. The topological polar surface area (TPSA) is 91.1 Å². The van der Waals surface area contributed by atoms with Crippen molar-refractivity contribution >= 4 is 34.3 Å². The van der Waals surface area contributed by atoms with Crippen LogP contribution in [-0.4, -0.2) is 32.2 Å². The molecule has 3 heterocycles. The number of ether oxygens (including phenoxy) is 3. The first kappa shape index (κ1) is 21.8. The van der Waals surface area contributed by atoms with E-state index in [4.69, 9.17) is 30.2 Å². The molecule has 34 heavy (non-hydrogen) atoms. The predicted octanol–water partition coefficient (Wildman–Crippen LogP) is 4.62. The maximum atomic E-state index is 13.6. The number of fused-ring (bicyclic) bond motifs is 2. The lowest BCUT2D eigenvalue weighted by atomic mass is 9.97. The molecule has 1 unspecified atom stereocenters. The molecule has 1 atom stereocenters. The van der Waals surface area contributed by atoms with Crippen LogP contribution < -0.4 is 24.5 Å². The van der Waals surface area contributed by atoms with E-state index in [2.05, 4.69) is 4.98 Å². The second kappa shape index (κ2) is 8.39. The third-order valence-electron chi connectivity index (χ3n) is 5.74. The number of rotatable bonds is 5. The zero-order valence-electron chi connectivity index (χ0n) is 18.5. The van der Waals surface area contributed by atoms with Crippen LogP contribution in [0.25, 0.3) is 11.0 Å². The zero-order chi connectivity index (χ0) is 24.0. The van der Waals surface area contributed by atoms with Gasteiger partial charge in [0.1, 0.15) is 11.4 Å². The summed E-state index contributed by atoms with van der Waals surface area (Å²) in [6.07, 6.45) is 1.44. The first-order valence-corrected chi connectivity index (χ1v) is 10.7. The van der Waals surface area contributed by atoms with E-state index < -0.39 is 11.9 Å². The molecule has 9 heteroatoms. The minimum atomic E-state index is -0.856. The lowest BCUT2D eigenvalue weighted by molar-refractivity contribution is 0.0970. The van der Waals surface area contributed by atoms with Crippen LogP contribution in [0.2, 0.25) is 5.02 Å². The third kappa shape index (κ3) is 3.26. The summed E-state index contributed by atoms with van der Waals surface area (Å²) < 4.78 is 22.4. The van der Waals surface area contributed by atoms with Crippen molar-refractivity contribution < 1.29 is 23.4 Å². The number of halogens is 1. The quantitative estimate of drug-likeness (QED) is 0.413. The van der Waals surface area contributed by atoms with E-state index >= 15 is 0 Å². The van der Waals surface area contributed by atoms with Crippen molar-refractivity contribution in [2.24, 2.45) is 0 Å². The number of amides is 1. The summed E-state index contributed by atoms with van der Waals surface area (Å²) in [5, 5.41) is 0.787. The Balaban J connectivity index is 1.83. The molecule has 0 saturated carbocycles. The van der Waals surface area contributed by atoms with E-state index in [1.165, 1.54) is 32.4 Å². The number of pyridine rings is 1. The number of nitrogens with zero attached hydrogens (tertiary/aromatic N) is 2. The highest BCUT2D eigenvalue weighted by molar-refractivity contribution is 6.30. The van der Waals surface area contributed by atoms with Crippen LogP contribution in [0.3, 0.4) is 0 Å². The van der Waals surface area contributed by atoms with Gasteiger partial charge in [0.15, 0.2) is 16.9 Å². The van der Waals surface area contributed by atoms with Crippen molar-refractivity contribution in [2.45, 2.75) is 6.04 Å². The van der Waals surface area contributed by atoms with E-state index in [0.29, 0.717) is 44.6 Å². The monoisotopic (exact) mass is 478 g/mol. The lowest BCUT2D eigenvalue weighted by Gasteiger charge is -2.25. The molecule has 0 aliphatic carbocycles. The number of carbonyl (C=O) groups is 1. The van der Waals surface area contributed by atoms with Gasteiger partial charge in [-0.15, -0.1) is 0 Å². The summed E-state index contributed by atoms with van der Waals surface area (Å²) in [5.74, 6) is 0.924. The fourth-order valence-electron chi connectivity index (χ4n) is 4.24. The van der Waals surface area contributed by atoms with Crippen LogP contribution in [0.5, 0.6) is 17.2 Å². The van der Waals surface area contributed by atoms with Gasteiger partial charge in [0.25, 0.3) is 5.91 Å². The second-order valence-electron chi connectivity index (χ2n) is 7.54. The maximum Gasteiger partial charge on any atom is 0.296 e. The molecule has 0 fully saturated rings. The van der Waals surface area contributed by atoms with Crippen LogP contribution in [0.4, 0.5) is 5.82 Å². The average molecular weight is 479 g/mol. The fourth-order valence-corrected chi connectivity index (χ4v) is 4.35. The lowest BCUT2D eigenvalue weighted by Crippen LogP contribution is -2.30. The molecule has 5 rings (SSSR count). The smallest absolute Gasteiger partial charge is 0.296 e. The van der Waals surface area contributed by atoms with Crippen LogP contribution in [-0.2, 0) is 0 Å². The molecule has 0 spiro atoms. The summed E-state index contributed by atoms with van der Waals surface area (Å²) in [7, 11) is 4.49. The SMILES string of the molecule is COc1cc(C2c3c(oc4ccccc4c3=O)C(=O)N2c2ccc(Cl)cn2)cc(OC)c1OC. The Hall–Kier alpha value is -4.04. The standard InChI is InChI=1S/C25H19ClN2O6/c1-31-17-10-13(11-18(32-2)23(17)33-3)21-20-22(29)15-6-4-5-7-16(15)34-24(20)25(30)28(21)19-9-8-14(26)12-27-19/h4-12,21H,1-3H3. The van der Waals surface area contributed by atoms with Crippen molar-refractivity contribution in [2.75, 3.05) is 26.2 Å². The van der Waals surface area contributed by atoms with Gasteiger partial charge >= 0.3 is 0 Å². The number of aromatic nitrogens is 1. The third-order valence-corrected chi connectivity index (χ3v) is 5.96. The first-order chi connectivity index (χ1) is 16.5. The van der Waals surface area contributed by atoms with Crippen LogP contribution in [0.1, 0.15) is 27.7 Å². The molecule has 0 N–H and O–H groups in total. The van der Waals surface area contributed by atoms with E-state index in [9.17, 15) is 9.59 Å². The van der Waals surface area contributed by atoms with Crippen molar-refractivity contribution in [1.29, 1.82) is 0 Å². The van der Waals surface area contributed by atoms with Gasteiger partial charge in [-0.2, -0.15) is 0 Å². The van der Waals surface area contributed by atoms with Gasteiger partial charge in [0.05, 0.1) is 43.3 Å². The number of para-hydroxylation sites is 1. The van der Waals surface area contributed by atoms with Crippen LogP contribution in [0, 0.1) is 0 Å². The Morgan fingerprint density at radius 2 is 1.68 bits per heavy atom. The normalized spacial score (nSPS) is 14.9. The molecule has 8 nitrogen and oxygen atoms in total.